The third-order valence-electron chi connectivity index (χ3n) is 6.65. The van der Waals surface area contributed by atoms with Crippen LogP contribution in [0.3, 0.4) is 0 Å². The van der Waals surface area contributed by atoms with Gasteiger partial charge in [-0.15, -0.1) is 10.2 Å². The van der Waals surface area contributed by atoms with Crippen LogP contribution in [0.2, 0.25) is 0 Å². The molecule has 4 heterocycles. The highest BCUT2D eigenvalue weighted by molar-refractivity contribution is 5.94. The second kappa shape index (κ2) is 8.24. The van der Waals surface area contributed by atoms with Gasteiger partial charge in [-0.1, -0.05) is 0 Å². The van der Waals surface area contributed by atoms with Crippen molar-refractivity contribution in [2.24, 2.45) is 5.92 Å². The van der Waals surface area contributed by atoms with Crippen LogP contribution in [-0.2, 0) is 4.74 Å². The summed E-state index contributed by atoms with van der Waals surface area (Å²) in [6.07, 6.45) is 4.67. The number of nitrogens with zero attached hydrogens (tertiary/aromatic N) is 6. The van der Waals surface area contributed by atoms with Crippen LogP contribution in [0.4, 0.5) is 0 Å². The minimum Gasteiger partial charge on any atom is -0.378 e. The Labute approximate surface area is 177 Å². The molecule has 2 aromatic rings. The number of morpholine rings is 1. The summed E-state index contributed by atoms with van der Waals surface area (Å²) < 4.78 is 7.42. The Morgan fingerprint density at radius 2 is 1.93 bits per heavy atom. The Morgan fingerprint density at radius 1 is 1.13 bits per heavy atom. The Morgan fingerprint density at radius 3 is 2.67 bits per heavy atom. The molecule has 2 aliphatic heterocycles. The van der Waals surface area contributed by atoms with Gasteiger partial charge in [0.2, 0.25) is 0 Å². The molecule has 0 N–H and O–H groups in total. The maximum Gasteiger partial charge on any atom is 0.255 e. The van der Waals surface area contributed by atoms with Gasteiger partial charge in [-0.2, -0.15) is 0 Å². The lowest BCUT2D eigenvalue weighted by atomic mass is 10.1. The maximum absolute atomic E-state index is 13.0. The number of amides is 1. The highest BCUT2D eigenvalue weighted by atomic mass is 16.5. The molecular formula is C22H32N6O2. The van der Waals surface area contributed by atoms with Crippen molar-refractivity contribution in [2.45, 2.75) is 38.8 Å². The first-order valence-electron chi connectivity index (χ1n) is 11.3. The molecule has 1 aliphatic carbocycles. The van der Waals surface area contributed by atoms with Crippen molar-refractivity contribution in [3.8, 4) is 0 Å². The van der Waals surface area contributed by atoms with Crippen LogP contribution in [-0.4, -0.2) is 93.7 Å². The number of fused-ring (bicyclic) bond motifs is 1. The van der Waals surface area contributed by atoms with Crippen molar-refractivity contribution in [3.63, 3.8) is 0 Å². The van der Waals surface area contributed by atoms with E-state index >= 15 is 0 Å². The van der Waals surface area contributed by atoms with Gasteiger partial charge >= 0.3 is 0 Å². The van der Waals surface area contributed by atoms with E-state index in [1.54, 1.807) is 0 Å². The number of piperazine rings is 1. The molecule has 5 rings (SSSR count). The Bertz CT molecular complexity index is 902. The van der Waals surface area contributed by atoms with Crippen LogP contribution >= 0.6 is 0 Å². The van der Waals surface area contributed by atoms with Crippen LogP contribution in [0.5, 0.6) is 0 Å². The number of hydrogen-bond acceptors (Lipinski definition) is 6. The quantitative estimate of drug-likeness (QED) is 0.745. The lowest BCUT2D eigenvalue weighted by Gasteiger charge is -2.42. The van der Waals surface area contributed by atoms with Crippen LogP contribution in [0.15, 0.2) is 18.3 Å². The highest BCUT2D eigenvalue weighted by Gasteiger charge is 2.35. The van der Waals surface area contributed by atoms with E-state index in [1.807, 2.05) is 27.6 Å². The van der Waals surface area contributed by atoms with E-state index in [9.17, 15) is 4.79 Å². The summed E-state index contributed by atoms with van der Waals surface area (Å²) in [6, 6.07) is 4.39. The molecule has 30 heavy (non-hydrogen) atoms. The molecular weight excluding hydrogens is 380 g/mol. The third kappa shape index (κ3) is 3.96. The summed E-state index contributed by atoms with van der Waals surface area (Å²) in [5, 5.41) is 9.02. The predicted molar refractivity (Wildman–Crippen MR) is 113 cm³/mol. The van der Waals surface area contributed by atoms with E-state index in [4.69, 9.17) is 4.74 Å². The smallest absolute Gasteiger partial charge is 0.255 e. The number of hydrogen-bond donors (Lipinski definition) is 0. The second-order valence-corrected chi connectivity index (χ2v) is 9.16. The van der Waals surface area contributed by atoms with Crippen molar-refractivity contribution in [1.82, 2.24) is 29.3 Å². The van der Waals surface area contributed by atoms with Gasteiger partial charge in [0.15, 0.2) is 11.5 Å². The molecule has 0 radical (unpaired) electrons. The molecule has 0 bridgehead atoms. The molecule has 2 saturated heterocycles. The fourth-order valence-corrected chi connectivity index (χ4v) is 4.74. The lowest BCUT2D eigenvalue weighted by Crippen LogP contribution is -2.51. The molecule has 3 fully saturated rings. The number of pyridine rings is 1. The van der Waals surface area contributed by atoms with E-state index in [-0.39, 0.29) is 11.9 Å². The van der Waals surface area contributed by atoms with Gasteiger partial charge in [-0.3, -0.25) is 19.0 Å². The molecule has 0 aromatic carbocycles. The first kappa shape index (κ1) is 19.9. The zero-order valence-electron chi connectivity index (χ0n) is 18.0. The zero-order chi connectivity index (χ0) is 20.7. The molecule has 1 amide bonds. The molecule has 1 unspecified atom stereocenters. The average Bonchev–Trinajstić information content (AvgIpc) is 3.48. The topological polar surface area (TPSA) is 66.2 Å². The Balaban J connectivity index is 1.44. The van der Waals surface area contributed by atoms with Crippen LogP contribution in [0.25, 0.3) is 5.65 Å². The van der Waals surface area contributed by atoms with E-state index in [0.29, 0.717) is 37.9 Å². The fraction of sp³-hybridized carbons (Fsp3) is 0.682. The average molecular weight is 413 g/mol. The SMILES string of the molecule is CC(C)N1CCN(CC2CC2)CC1c1nnc2ccc(C(=O)N3CCOCC3)cn12. The van der Waals surface area contributed by atoms with Gasteiger partial charge in [0.1, 0.15) is 0 Å². The Hall–Kier alpha value is -2.03. The summed E-state index contributed by atoms with van der Waals surface area (Å²) in [6.45, 7) is 11.3. The minimum absolute atomic E-state index is 0.0552. The summed E-state index contributed by atoms with van der Waals surface area (Å²) >= 11 is 0. The van der Waals surface area contributed by atoms with Crippen molar-refractivity contribution >= 4 is 11.6 Å². The standard InChI is InChI=1S/C22H32N6O2/c1-16(2)27-8-7-25(13-17-3-4-17)15-19(27)21-24-23-20-6-5-18(14-28(20)21)22(29)26-9-11-30-12-10-26/h5-6,14,16-17,19H,3-4,7-13,15H2,1-2H3. The number of rotatable bonds is 5. The molecule has 8 nitrogen and oxygen atoms in total. The van der Waals surface area contributed by atoms with E-state index < -0.39 is 0 Å². The molecule has 3 aliphatic rings. The third-order valence-corrected chi connectivity index (χ3v) is 6.65. The molecule has 2 aromatic heterocycles. The molecule has 0 spiro atoms. The summed E-state index contributed by atoms with van der Waals surface area (Å²) in [5.41, 5.74) is 1.48. The number of aromatic nitrogens is 3. The van der Waals surface area contributed by atoms with E-state index in [0.717, 1.165) is 37.0 Å². The minimum atomic E-state index is 0.0552. The molecule has 1 atom stereocenters. The first-order valence-corrected chi connectivity index (χ1v) is 11.3. The van der Waals surface area contributed by atoms with Gasteiger partial charge < -0.3 is 9.64 Å². The number of carbonyl (C=O) groups excluding carboxylic acids is 1. The van der Waals surface area contributed by atoms with Gasteiger partial charge in [0.25, 0.3) is 5.91 Å². The lowest BCUT2D eigenvalue weighted by molar-refractivity contribution is 0.0302. The van der Waals surface area contributed by atoms with Gasteiger partial charge in [-0.25, -0.2) is 0 Å². The van der Waals surface area contributed by atoms with E-state index in [2.05, 4.69) is 33.8 Å². The first-order chi connectivity index (χ1) is 14.6. The highest BCUT2D eigenvalue weighted by Crippen LogP contribution is 2.33. The zero-order valence-corrected chi connectivity index (χ0v) is 18.0. The second-order valence-electron chi connectivity index (χ2n) is 9.16. The van der Waals surface area contributed by atoms with Crippen molar-refractivity contribution in [3.05, 3.63) is 29.7 Å². The summed E-state index contributed by atoms with van der Waals surface area (Å²) in [5.74, 6) is 1.87. The van der Waals surface area contributed by atoms with Gasteiger partial charge in [0, 0.05) is 51.5 Å². The van der Waals surface area contributed by atoms with E-state index in [1.165, 1.54) is 19.4 Å². The Kier molecular flexibility index (Phi) is 5.47. The fourth-order valence-electron chi connectivity index (χ4n) is 4.74. The molecule has 1 saturated carbocycles. The van der Waals surface area contributed by atoms with Gasteiger partial charge in [-0.05, 0) is 44.7 Å². The van der Waals surface area contributed by atoms with Gasteiger partial charge in [0.05, 0.1) is 24.8 Å². The number of ether oxygens (including phenoxy) is 1. The largest absolute Gasteiger partial charge is 0.378 e. The summed E-state index contributed by atoms with van der Waals surface area (Å²) in [4.78, 5) is 20.0. The summed E-state index contributed by atoms with van der Waals surface area (Å²) in [7, 11) is 0. The molecule has 162 valence electrons. The van der Waals surface area contributed by atoms with Crippen LogP contribution in [0, 0.1) is 5.92 Å². The monoisotopic (exact) mass is 412 g/mol. The molecule has 8 heteroatoms. The maximum atomic E-state index is 13.0. The number of carbonyl (C=O) groups is 1. The van der Waals surface area contributed by atoms with Crippen LogP contribution < -0.4 is 0 Å². The predicted octanol–water partition coefficient (Wildman–Crippen LogP) is 1.68. The normalized spacial score (nSPS) is 24.1. The van der Waals surface area contributed by atoms with Crippen molar-refractivity contribution in [1.29, 1.82) is 0 Å². The van der Waals surface area contributed by atoms with Crippen molar-refractivity contribution in [2.75, 3.05) is 52.5 Å². The van der Waals surface area contributed by atoms with Crippen LogP contribution in [0.1, 0.15) is 48.9 Å². The van der Waals surface area contributed by atoms with Crippen molar-refractivity contribution < 1.29 is 9.53 Å².